The second-order valence-electron chi connectivity index (χ2n) is 3.89. The van der Waals surface area contributed by atoms with Gasteiger partial charge in [0.1, 0.15) is 5.82 Å². The fourth-order valence-corrected chi connectivity index (χ4v) is 2.10. The van der Waals surface area contributed by atoms with Gasteiger partial charge in [-0.05, 0) is 18.2 Å². The molecule has 0 atom stereocenters. The van der Waals surface area contributed by atoms with Gasteiger partial charge in [0.15, 0.2) is 0 Å². The zero-order valence-corrected chi connectivity index (χ0v) is 11.6. The van der Waals surface area contributed by atoms with E-state index in [-0.39, 0.29) is 0 Å². The molecule has 4 nitrogen and oxygen atoms in total. The molecule has 0 aliphatic heterocycles. The minimum atomic E-state index is 0.718. The number of rotatable bonds is 5. The van der Waals surface area contributed by atoms with Crippen molar-refractivity contribution in [2.75, 3.05) is 20.3 Å². The number of methoxy groups -OCH3 is 1. The number of ether oxygens (including phenoxy) is 1. The van der Waals surface area contributed by atoms with Gasteiger partial charge in [0.2, 0.25) is 0 Å². The van der Waals surface area contributed by atoms with E-state index in [1.807, 2.05) is 19.2 Å². The summed E-state index contributed by atoms with van der Waals surface area (Å²) in [5, 5.41) is 3.30. The largest absolute Gasteiger partial charge is 0.383 e. The summed E-state index contributed by atoms with van der Waals surface area (Å²) in [5.74, 6) is 1.04. The molecule has 0 aliphatic carbocycles. The lowest BCUT2D eigenvalue weighted by atomic mass is 10.3. The highest BCUT2D eigenvalue weighted by molar-refractivity contribution is 9.10. The van der Waals surface area contributed by atoms with Gasteiger partial charge in [0.25, 0.3) is 0 Å². The Balaban J connectivity index is 2.15. The molecular formula is C12H16BrN3O. The number of hydrogen-bond acceptors (Lipinski definition) is 3. The van der Waals surface area contributed by atoms with Gasteiger partial charge < -0.3 is 14.6 Å². The first kappa shape index (κ1) is 12.5. The van der Waals surface area contributed by atoms with Crippen LogP contribution in [0.4, 0.5) is 0 Å². The van der Waals surface area contributed by atoms with Gasteiger partial charge in [0.05, 0.1) is 24.2 Å². The monoisotopic (exact) mass is 297 g/mol. The second kappa shape index (κ2) is 5.62. The average molecular weight is 298 g/mol. The van der Waals surface area contributed by atoms with Gasteiger partial charge in [0, 0.05) is 25.2 Å². The van der Waals surface area contributed by atoms with Crippen LogP contribution >= 0.6 is 15.9 Å². The Hall–Kier alpha value is -0.910. The van der Waals surface area contributed by atoms with Crippen molar-refractivity contribution in [2.24, 2.45) is 7.05 Å². The Morgan fingerprint density at radius 2 is 2.29 bits per heavy atom. The van der Waals surface area contributed by atoms with Crippen LogP contribution in [0.2, 0.25) is 0 Å². The summed E-state index contributed by atoms with van der Waals surface area (Å²) >= 11 is 3.46. The molecule has 0 saturated heterocycles. The molecule has 0 amide bonds. The van der Waals surface area contributed by atoms with Gasteiger partial charge >= 0.3 is 0 Å². The number of imidazole rings is 1. The van der Waals surface area contributed by atoms with Gasteiger partial charge in [-0.2, -0.15) is 0 Å². The zero-order chi connectivity index (χ0) is 12.3. The standard InChI is InChI=1S/C12H16BrN3O/c1-16-11-4-3-9(13)7-10(11)15-12(16)8-14-5-6-17-2/h3-4,7,14H,5-6,8H2,1-2H3. The predicted molar refractivity (Wildman–Crippen MR) is 72.0 cm³/mol. The maximum Gasteiger partial charge on any atom is 0.123 e. The highest BCUT2D eigenvalue weighted by Gasteiger charge is 2.07. The van der Waals surface area contributed by atoms with E-state index in [4.69, 9.17) is 4.74 Å². The Morgan fingerprint density at radius 1 is 1.47 bits per heavy atom. The van der Waals surface area contributed by atoms with Gasteiger partial charge in [-0.15, -0.1) is 0 Å². The number of nitrogens with one attached hydrogen (secondary N) is 1. The van der Waals surface area contributed by atoms with Crippen molar-refractivity contribution in [1.82, 2.24) is 14.9 Å². The van der Waals surface area contributed by atoms with E-state index in [0.29, 0.717) is 0 Å². The normalized spacial score (nSPS) is 11.2. The van der Waals surface area contributed by atoms with Gasteiger partial charge in [-0.1, -0.05) is 15.9 Å². The van der Waals surface area contributed by atoms with Crippen LogP contribution in [0.15, 0.2) is 22.7 Å². The first-order valence-corrected chi connectivity index (χ1v) is 6.32. The fourth-order valence-electron chi connectivity index (χ4n) is 1.76. The van der Waals surface area contributed by atoms with E-state index < -0.39 is 0 Å². The minimum Gasteiger partial charge on any atom is -0.383 e. The smallest absolute Gasteiger partial charge is 0.123 e. The summed E-state index contributed by atoms with van der Waals surface area (Å²) in [5.41, 5.74) is 2.17. The highest BCUT2D eigenvalue weighted by atomic mass is 79.9. The summed E-state index contributed by atoms with van der Waals surface area (Å²) in [7, 11) is 3.74. The molecule has 1 aromatic heterocycles. The lowest BCUT2D eigenvalue weighted by molar-refractivity contribution is 0.199. The first-order chi connectivity index (χ1) is 8.22. The summed E-state index contributed by atoms with van der Waals surface area (Å²) in [6.45, 7) is 2.31. The molecule has 0 unspecified atom stereocenters. The van der Waals surface area contributed by atoms with Crippen LogP contribution in [0.5, 0.6) is 0 Å². The minimum absolute atomic E-state index is 0.718. The Bertz CT molecular complexity index is 510. The first-order valence-electron chi connectivity index (χ1n) is 5.53. The SMILES string of the molecule is COCCNCc1nc2cc(Br)ccc2n1C. The van der Waals surface area contributed by atoms with E-state index in [9.17, 15) is 0 Å². The highest BCUT2D eigenvalue weighted by Crippen LogP contribution is 2.19. The van der Waals surface area contributed by atoms with Crippen LogP contribution in [0.3, 0.4) is 0 Å². The molecule has 0 radical (unpaired) electrons. The quantitative estimate of drug-likeness (QED) is 0.859. The molecule has 17 heavy (non-hydrogen) atoms. The molecule has 0 spiro atoms. The Morgan fingerprint density at radius 3 is 3.06 bits per heavy atom. The predicted octanol–water partition coefficient (Wildman–Crippen LogP) is 2.07. The van der Waals surface area contributed by atoms with Crippen molar-refractivity contribution in [3.05, 3.63) is 28.5 Å². The van der Waals surface area contributed by atoms with Crippen molar-refractivity contribution in [3.63, 3.8) is 0 Å². The molecule has 2 rings (SSSR count). The molecule has 1 N–H and O–H groups in total. The molecule has 2 aromatic rings. The van der Waals surface area contributed by atoms with Gasteiger partial charge in [-0.3, -0.25) is 0 Å². The van der Waals surface area contributed by atoms with Crippen molar-refractivity contribution >= 4 is 27.0 Å². The van der Waals surface area contributed by atoms with Crippen LogP contribution in [0.25, 0.3) is 11.0 Å². The number of fused-ring (bicyclic) bond motifs is 1. The van der Waals surface area contributed by atoms with E-state index in [2.05, 4.69) is 36.9 Å². The van der Waals surface area contributed by atoms with Crippen molar-refractivity contribution in [2.45, 2.75) is 6.54 Å². The topological polar surface area (TPSA) is 39.1 Å². The van der Waals surface area contributed by atoms with Crippen molar-refractivity contribution in [1.29, 1.82) is 0 Å². The van der Waals surface area contributed by atoms with Crippen molar-refractivity contribution < 1.29 is 4.74 Å². The third-order valence-electron chi connectivity index (χ3n) is 2.70. The van der Waals surface area contributed by atoms with E-state index in [0.717, 1.165) is 41.0 Å². The third kappa shape index (κ3) is 2.86. The second-order valence-corrected chi connectivity index (χ2v) is 4.81. The lowest BCUT2D eigenvalue weighted by Gasteiger charge is -2.04. The number of nitrogens with zero attached hydrogens (tertiary/aromatic N) is 2. The van der Waals surface area contributed by atoms with Gasteiger partial charge in [-0.25, -0.2) is 4.98 Å². The maximum absolute atomic E-state index is 4.99. The molecule has 0 fully saturated rings. The molecule has 5 heteroatoms. The average Bonchev–Trinajstić information content (AvgIpc) is 2.61. The zero-order valence-electron chi connectivity index (χ0n) is 10.0. The Labute approximate surface area is 109 Å². The summed E-state index contributed by atoms with van der Waals surface area (Å²) < 4.78 is 8.16. The molecule has 92 valence electrons. The summed E-state index contributed by atoms with van der Waals surface area (Å²) in [6, 6.07) is 6.14. The van der Waals surface area contributed by atoms with E-state index in [1.165, 1.54) is 0 Å². The fraction of sp³-hybridized carbons (Fsp3) is 0.417. The van der Waals surface area contributed by atoms with E-state index in [1.54, 1.807) is 7.11 Å². The Kier molecular flexibility index (Phi) is 4.15. The molecular weight excluding hydrogens is 282 g/mol. The number of halogens is 1. The summed E-state index contributed by atoms with van der Waals surface area (Å²) in [4.78, 5) is 4.60. The van der Waals surface area contributed by atoms with Crippen LogP contribution < -0.4 is 5.32 Å². The molecule has 0 bridgehead atoms. The maximum atomic E-state index is 4.99. The van der Waals surface area contributed by atoms with E-state index >= 15 is 0 Å². The molecule has 0 aliphatic rings. The number of aromatic nitrogens is 2. The lowest BCUT2D eigenvalue weighted by Crippen LogP contribution is -2.20. The van der Waals surface area contributed by atoms with Crippen LogP contribution in [-0.4, -0.2) is 29.8 Å². The number of hydrogen-bond donors (Lipinski definition) is 1. The summed E-state index contributed by atoms with van der Waals surface area (Å²) in [6.07, 6.45) is 0. The van der Waals surface area contributed by atoms with Crippen LogP contribution in [-0.2, 0) is 18.3 Å². The molecule has 0 saturated carbocycles. The number of benzene rings is 1. The number of aryl methyl sites for hydroxylation is 1. The van der Waals surface area contributed by atoms with Crippen LogP contribution in [0, 0.1) is 0 Å². The van der Waals surface area contributed by atoms with Crippen LogP contribution in [0.1, 0.15) is 5.82 Å². The van der Waals surface area contributed by atoms with Crippen molar-refractivity contribution in [3.8, 4) is 0 Å². The molecule has 1 aromatic carbocycles. The third-order valence-corrected chi connectivity index (χ3v) is 3.19. The molecule has 1 heterocycles.